The lowest BCUT2D eigenvalue weighted by molar-refractivity contribution is 0.218. The molecular formula is C26H27NO. The van der Waals surface area contributed by atoms with Crippen LogP contribution in [0.3, 0.4) is 0 Å². The van der Waals surface area contributed by atoms with Gasteiger partial charge in [-0.05, 0) is 66.2 Å². The molecule has 1 fully saturated rings. The highest BCUT2D eigenvalue weighted by atomic mass is 16.3. The van der Waals surface area contributed by atoms with E-state index in [1.54, 1.807) is 0 Å². The van der Waals surface area contributed by atoms with Gasteiger partial charge in [-0.1, -0.05) is 67.1 Å². The molecule has 0 unspecified atom stereocenters. The van der Waals surface area contributed by atoms with E-state index >= 15 is 0 Å². The van der Waals surface area contributed by atoms with E-state index in [1.165, 1.54) is 47.1 Å². The second-order valence-corrected chi connectivity index (χ2v) is 8.23. The first-order valence-corrected chi connectivity index (χ1v) is 10.5. The van der Waals surface area contributed by atoms with Crippen molar-refractivity contribution in [3.8, 4) is 16.9 Å². The van der Waals surface area contributed by atoms with Crippen LogP contribution in [0.4, 0.5) is 0 Å². The lowest BCUT2D eigenvalue weighted by Gasteiger charge is -2.27. The molecule has 28 heavy (non-hydrogen) atoms. The number of hydrogen-bond acceptors (Lipinski definition) is 2. The molecule has 142 valence electrons. The van der Waals surface area contributed by atoms with Crippen LogP contribution in [0.2, 0.25) is 0 Å². The van der Waals surface area contributed by atoms with Gasteiger partial charge in [0.05, 0.1) is 0 Å². The van der Waals surface area contributed by atoms with E-state index in [9.17, 15) is 5.11 Å². The average Bonchev–Trinajstić information content (AvgIpc) is 3.05. The normalized spacial score (nSPS) is 16.7. The van der Waals surface area contributed by atoms with Crippen molar-refractivity contribution in [3.63, 3.8) is 0 Å². The Hall–Kier alpha value is -2.58. The van der Waals surface area contributed by atoms with E-state index in [0.29, 0.717) is 11.7 Å². The van der Waals surface area contributed by atoms with Gasteiger partial charge in [-0.15, -0.1) is 0 Å². The highest BCUT2D eigenvalue weighted by molar-refractivity contribution is 5.78. The fourth-order valence-corrected chi connectivity index (χ4v) is 4.97. The second-order valence-electron chi connectivity index (χ2n) is 8.23. The minimum atomic E-state index is 0.389. The average molecular weight is 370 g/mol. The van der Waals surface area contributed by atoms with Crippen LogP contribution in [0, 0.1) is 0 Å². The van der Waals surface area contributed by atoms with Crippen molar-refractivity contribution in [1.82, 2.24) is 4.90 Å². The topological polar surface area (TPSA) is 23.5 Å². The van der Waals surface area contributed by atoms with Crippen molar-refractivity contribution < 1.29 is 5.11 Å². The highest BCUT2D eigenvalue weighted by Crippen LogP contribution is 2.46. The Labute approximate surface area is 167 Å². The van der Waals surface area contributed by atoms with Gasteiger partial charge in [0.2, 0.25) is 0 Å². The highest BCUT2D eigenvalue weighted by Gasteiger charge is 2.28. The molecule has 0 atom stereocenters. The zero-order valence-corrected chi connectivity index (χ0v) is 16.3. The molecule has 1 N–H and O–H groups in total. The van der Waals surface area contributed by atoms with Crippen LogP contribution in [0.15, 0.2) is 66.7 Å². The molecule has 3 aromatic carbocycles. The summed E-state index contributed by atoms with van der Waals surface area (Å²) in [7, 11) is 0. The second kappa shape index (κ2) is 7.44. The van der Waals surface area contributed by atoms with E-state index in [4.69, 9.17) is 0 Å². The number of likely N-dealkylation sites (tertiary alicyclic amines) is 1. The number of fused-ring (bicyclic) bond motifs is 3. The Bertz CT molecular complexity index is 942. The number of hydrogen-bond donors (Lipinski definition) is 1. The van der Waals surface area contributed by atoms with Crippen molar-refractivity contribution in [3.05, 3.63) is 89.0 Å². The molecule has 0 radical (unpaired) electrons. The minimum absolute atomic E-state index is 0.389. The van der Waals surface area contributed by atoms with Gasteiger partial charge in [0.25, 0.3) is 0 Å². The van der Waals surface area contributed by atoms with E-state index in [1.807, 2.05) is 6.07 Å². The molecule has 2 heteroatoms. The maximum absolute atomic E-state index is 10.4. The Morgan fingerprint density at radius 3 is 2.11 bits per heavy atom. The molecule has 0 saturated carbocycles. The summed E-state index contributed by atoms with van der Waals surface area (Å²) in [4.78, 5) is 2.47. The van der Waals surface area contributed by atoms with Gasteiger partial charge in [0, 0.05) is 18.0 Å². The summed E-state index contributed by atoms with van der Waals surface area (Å²) in [6.45, 7) is 3.15. The minimum Gasteiger partial charge on any atom is -0.508 e. The summed E-state index contributed by atoms with van der Waals surface area (Å²) in [6.07, 6.45) is 4.86. The van der Waals surface area contributed by atoms with Crippen LogP contribution in [-0.4, -0.2) is 23.1 Å². The molecule has 0 bridgehead atoms. The first-order valence-electron chi connectivity index (χ1n) is 10.5. The third kappa shape index (κ3) is 3.22. The van der Waals surface area contributed by atoms with Gasteiger partial charge >= 0.3 is 0 Å². The summed E-state index contributed by atoms with van der Waals surface area (Å²) < 4.78 is 0. The molecule has 5 rings (SSSR count). The zero-order valence-electron chi connectivity index (χ0n) is 16.3. The number of aromatic hydroxyl groups is 1. The van der Waals surface area contributed by atoms with Crippen LogP contribution >= 0.6 is 0 Å². The maximum Gasteiger partial charge on any atom is 0.120 e. The van der Waals surface area contributed by atoms with E-state index < -0.39 is 0 Å². The number of phenols is 1. The molecule has 3 aromatic rings. The summed E-state index contributed by atoms with van der Waals surface area (Å²) in [6, 6.07) is 23.8. The van der Waals surface area contributed by atoms with Crippen LogP contribution in [0.25, 0.3) is 11.1 Å². The molecule has 0 amide bonds. The van der Waals surface area contributed by atoms with E-state index in [-0.39, 0.29) is 0 Å². The first kappa shape index (κ1) is 17.5. The molecular weight excluding hydrogens is 342 g/mol. The molecule has 1 aliphatic heterocycles. The van der Waals surface area contributed by atoms with Crippen molar-refractivity contribution in [2.45, 2.75) is 38.1 Å². The standard InChI is InChI=1S/C26H27NO/c28-26-13-12-19(16-20(26)18-27-14-6-1-7-15-27)17-25-23-10-4-2-8-21(23)22-9-3-5-11-24(22)25/h2-5,8-13,16,25,28H,1,6-7,14-15,17-18H2. The van der Waals surface area contributed by atoms with Gasteiger partial charge in [0.15, 0.2) is 0 Å². The predicted octanol–water partition coefficient (Wildman–Crippen LogP) is 5.73. The number of piperidine rings is 1. The van der Waals surface area contributed by atoms with Gasteiger partial charge in [-0.2, -0.15) is 0 Å². The third-order valence-electron chi connectivity index (χ3n) is 6.39. The number of rotatable bonds is 4. The van der Waals surface area contributed by atoms with E-state index in [2.05, 4.69) is 65.6 Å². The number of benzene rings is 3. The predicted molar refractivity (Wildman–Crippen MR) is 115 cm³/mol. The smallest absolute Gasteiger partial charge is 0.120 e. The van der Waals surface area contributed by atoms with Gasteiger partial charge < -0.3 is 5.11 Å². The third-order valence-corrected chi connectivity index (χ3v) is 6.39. The summed E-state index contributed by atoms with van der Waals surface area (Å²) in [5, 5.41) is 10.4. The fraction of sp³-hybridized carbons (Fsp3) is 0.308. The molecule has 1 heterocycles. The molecule has 2 nitrogen and oxygen atoms in total. The Kier molecular flexibility index (Phi) is 4.66. The van der Waals surface area contributed by atoms with Crippen LogP contribution in [-0.2, 0) is 13.0 Å². The first-order chi connectivity index (χ1) is 13.8. The van der Waals surface area contributed by atoms with Crippen molar-refractivity contribution >= 4 is 0 Å². The fourth-order valence-electron chi connectivity index (χ4n) is 4.97. The maximum atomic E-state index is 10.4. The zero-order chi connectivity index (χ0) is 18.9. The Balaban J connectivity index is 1.44. The summed E-state index contributed by atoms with van der Waals surface area (Å²) in [5.74, 6) is 0.821. The molecule has 2 aliphatic rings. The van der Waals surface area contributed by atoms with E-state index in [0.717, 1.165) is 31.6 Å². The quantitative estimate of drug-likeness (QED) is 0.634. The monoisotopic (exact) mass is 369 g/mol. The SMILES string of the molecule is Oc1ccc(CC2c3ccccc3-c3ccccc32)cc1CN1CCCCC1. The van der Waals surface area contributed by atoms with Gasteiger partial charge in [0.1, 0.15) is 5.75 Å². The summed E-state index contributed by atoms with van der Waals surface area (Å²) >= 11 is 0. The van der Waals surface area contributed by atoms with Gasteiger partial charge in [-0.25, -0.2) is 0 Å². The molecule has 1 saturated heterocycles. The van der Waals surface area contributed by atoms with Crippen molar-refractivity contribution in [1.29, 1.82) is 0 Å². The number of phenolic OH excluding ortho intramolecular Hbond substituents is 1. The number of nitrogens with zero attached hydrogens (tertiary/aromatic N) is 1. The molecule has 0 spiro atoms. The van der Waals surface area contributed by atoms with Gasteiger partial charge in [-0.3, -0.25) is 4.90 Å². The van der Waals surface area contributed by atoms with Crippen LogP contribution in [0.5, 0.6) is 5.75 Å². The molecule has 0 aromatic heterocycles. The summed E-state index contributed by atoms with van der Waals surface area (Å²) in [5.41, 5.74) is 7.97. The Morgan fingerprint density at radius 2 is 1.43 bits per heavy atom. The lowest BCUT2D eigenvalue weighted by Crippen LogP contribution is -2.29. The van der Waals surface area contributed by atoms with Crippen LogP contribution < -0.4 is 0 Å². The van der Waals surface area contributed by atoms with Crippen LogP contribution in [0.1, 0.15) is 47.4 Å². The Morgan fingerprint density at radius 1 is 0.786 bits per heavy atom. The largest absolute Gasteiger partial charge is 0.508 e. The lowest BCUT2D eigenvalue weighted by atomic mass is 9.89. The van der Waals surface area contributed by atoms with Crippen molar-refractivity contribution in [2.24, 2.45) is 0 Å². The van der Waals surface area contributed by atoms with Crippen molar-refractivity contribution in [2.75, 3.05) is 13.1 Å². The molecule has 1 aliphatic carbocycles.